The fourth-order valence-electron chi connectivity index (χ4n) is 0.757. The van der Waals surface area contributed by atoms with E-state index in [2.05, 4.69) is 0 Å². The summed E-state index contributed by atoms with van der Waals surface area (Å²) in [5.74, 6) is -0.532. The van der Waals surface area contributed by atoms with Gasteiger partial charge in [0.05, 0.1) is 0 Å². The van der Waals surface area contributed by atoms with Crippen LogP contribution in [0.3, 0.4) is 0 Å². The zero-order chi connectivity index (χ0) is 7.61. The van der Waals surface area contributed by atoms with Crippen LogP contribution in [-0.2, 0) is 0 Å². The first-order chi connectivity index (χ1) is 4.60. The van der Waals surface area contributed by atoms with Crippen molar-refractivity contribution in [3.8, 4) is 0 Å². The van der Waals surface area contributed by atoms with Gasteiger partial charge in [0.2, 0.25) is 0 Å². The molecule has 0 N–H and O–H groups in total. The third kappa shape index (κ3) is 1.79. The first kappa shape index (κ1) is 7.19. The highest BCUT2D eigenvalue weighted by Gasteiger charge is 2.16. The number of hydrogen-bond acceptors (Lipinski definition) is 0. The molecule has 0 aromatic rings. The normalized spacial score (nSPS) is 31.7. The second kappa shape index (κ2) is 2.37. The van der Waals surface area contributed by atoms with Gasteiger partial charge in [-0.25, -0.2) is 8.78 Å². The minimum atomic E-state index is -1.65. The average Bonchev–Trinajstić information content (AvgIpc) is 1.90. The number of hydrogen-bond donors (Lipinski definition) is 0. The summed E-state index contributed by atoms with van der Waals surface area (Å²) in [5, 5.41) is 0. The second-order valence-corrected chi connectivity index (χ2v) is 2.40. The molecule has 1 aliphatic carbocycles. The average molecular weight is 142 g/mol. The maximum Gasteiger partial charge on any atom is 0.147 e. The summed E-state index contributed by atoms with van der Waals surface area (Å²) in [4.78, 5) is 0. The van der Waals surface area contributed by atoms with E-state index in [1.54, 1.807) is 0 Å². The van der Waals surface area contributed by atoms with Crippen molar-refractivity contribution in [3.05, 3.63) is 36.2 Å². The van der Waals surface area contributed by atoms with E-state index in [4.69, 9.17) is 0 Å². The van der Waals surface area contributed by atoms with Gasteiger partial charge in [-0.15, -0.1) is 0 Å². The third-order valence-corrected chi connectivity index (χ3v) is 1.21. The third-order valence-electron chi connectivity index (χ3n) is 1.21. The number of allylic oxidation sites excluding steroid dienone is 6. The van der Waals surface area contributed by atoms with Crippen molar-refractivity contribution in [3.63, 3.8) is 0 Å². The number of alkyl halides is 1. The van der Waals surface area contributed by atoms with Gasteiger partial charge in [0.25, 0.3) is 0 Å². The van der Waals surface area contributed by atoms with Crippen LogP contribution in [0.15, 0.2) is 36.2 Å². The maximum atomic E-state index is 12.9. The molecule has 1 atom stereocenters. The van der Waals surface area contributed by atoms with Crippen molar-refractivity contribution >= 4 is 0 Å². The van der Waals surface area contributed by atoms with Gasteiger partial charge in [0.1, 0.15) is 11.5 Å². The SMILES string of the molecule is CC1(F)C=CC=CC(F)=C1. The molecule has 0 aromatic carbocycles. The Morgan fingerprint density at radius 3 is 2.80 bits per heavy atom. The van der Waals surface area contributed by atoms with E-state index in [-0.39, 0.29) is 0 Å². The lowest BCUT2D eigenvalue weighted by molar-refractivity contribution is 0.324. The lowest BCUT2D eigenvalue weighted by Crippen LogP contribution is -2.08. The van der Waals surface area contributed by atoms with Gasteiger partial charge in [0, 0.05) is 0 Å². The first-order valence-electron chi connectivity index (χ1n) is 3.03. The minimum Gasteiger partial charge on any atom is -0.235 e. The van der Waals surface area contributed by atoms with Crippen molar-refractivity contribution < 1.29 is 8.78 Å². The quantitative estimate of drug-likeness (QED) is 0.487. The zero-order valence-electron chi connectivity index (χ0n) is 5.64. The molecule has 0 fully saturated rings. The highest BCUT2D eigenvalue weighted by atomic mass is 19.1. The fraction of sp³-hybridized carbons (Fsp3) is 0.250. The van der Waals surface area contributed by atoms with Crippen LogP contribution in [0, 0.1) is 0 Å². The topological polar surface area (TPSA) is 0 Å². The van der Waals surface area contributed by atoms with Crippen LogP contribution >= 0.6 is 0 Å². The molecule has 10 heavy (non-hydrogen) atoms. The molecular formula is C8H8F2. The van der Waals surface area contributed by atoms with Gasteiger partial charge in [-0.3, -0.25) is 0 Å². The molecule has 54 valence electrons. The molecule has 2 heteroatoms. The van der Waals surface area contributed by atoms with Crippen molar-refractivity contribution in [1.29, 1.82) is 0 Å². The first-order valence-corrected chi connectivity index (χ1v) is 3.03. The molecule has 0 spiro atoms. The molecule has 0 aliphatic heterocycles. The van der Waals surface area contributed by atoms with Gasteiger partial charge >= 0.3 is 0 Å². The lowest BCUT2D eigenvalue weighted by atomic mass is 10.1. The summed E-state index contributed by atoms with van der Waals surface area (Å²) in [6, 6.07) is 0. The molecular weight excluding hydrogens is 134 g/mol. The van der Waals surface area contributed by atoms with E-state index in [1.165, 1.54) is 31.2 Å². The summed E-state index contributed by atoms with van der Waals surface area (Å²) in [7, 11) is 0. The zero-order valence-corrected chi connectivity index (χ0v) is 5.64. The standard InChI is InChI=1S/C8H8F2/c1-8(10)5-3-2-4-7(9)6-8/h2-6H,1H3. The van der Waals surface area contributed by atoms with E-state index in [9.17, 15) is 8.78 Å². The highest BCUT2D eigenvalue weighted by molar-refractivity contribution is 5.28. The van der Waals surface area contributed by atoms with Crippen LogP contribution in [0.4, 0.5) is 8.78 Å². The molecule has 0 saturated heterocycles. The lowest BCUT2D eigenvalue weighted by Gasteiger charge is -2.07. The smallest absolute Gasteiger partial charge is 0.147 e. The molecule has 0 bridgehead atoms. The Kier molecular flexibility index (Phi) is 1.70. The van der Waals surface area contributed by atoms with Crippen molar-refractivity contribution in [1.82, 2.24) is 0 Å². The van der Waals surface area contributed by atoms with Crippen LogP contribution in [0.2, 0.25) is 0 Å². The van der Waals surface area contributed by atoms with Crippen molar-refractivity contribution in [2.75, 3.05) is 0 Å². The fourth-order valence-corrected chi connectivity index (χ4v) is 0.757. The summed E-state index contributed by atoms with van der Waals surface area (Å²) in [6.45, 7) is 1.30. The molecule has 0 saturated carbocycles. The van der Waals surface area contributed by atoms with E-state index >= 15 is 0 Å². The molecule has 0 radical (unpaired) electrons. The molecule has 1 rings (SSSR count). The molecule has 1 unspecified atom stereocenters. The monoisotopic (exact) mass is 142 g/mol. The predicted molar refractivity (Wildman–Crippen MR) is 37.0 cm³/mol. The second-order valence-electron chi connectivity index (χ2n) is 2.40. The van der Waals surface area contributed by atoms with Crippen LogP contribution in [0.5, 0.6) is 0 Å². The Bertz CT molecular complexity index is 209. The predicted octanol–water partition coefficient (Wildman–Crippen LogP) is 2.69. The van der Waals surface area contributed by atoms with Crippen molar-refractivity contribution in [2.24, 2.45) is 0 Å². The van der Waals surface area contributed by atoms with E-state index in [1.807, 2.05) is 0 Å². The number of rotatable bonds is 0. The Balaban J connectivity index is 2.93. The van der Waals surface area contributed by atoms with E-state index < -0.39 is 11.5 Å². The summed E-state index contributed by atoms with van der Waals surface area (Å²) >= 11 is 0. The molecule has 1 aliphatic rings. The van der Waals surface area contributed by atoms with Crippen LogP contribution in [0.1, 0.15) is 6.92 Å². The molecule has 0 heterocycles. The van der Waals surface area contributed by atoms with Crippen LogP contribution < -0.4 is 0 Å². The number of halogens is 2. The highest BCUT2D eigenvalue weighted by Crippen LogP contribution is 2.19. The molecule has 0 aromatic heterocycles. The van der Waals surface area contributed by atoms with Crippen LogP contribution in [-0.4, -0.2) is 5.67 Å². The Morgan fingerprint density at radius 2 is 2.10 bits per heavy atom. The Hall–Kier alpha value is -0.920. The summed E-state index contributed by atoms with van der Waals surface area (Å²) in [5.41, 5.74) is -1.65. The Labute approximate surface area is 58.6 Å². The van der Waals surface area contributed by atoms with Gasteiger partial charge in [-0.05, 0) is 25.2 Å². The van der Waals surface area contributed by atoms with E-state index in [0.29, 0.717) is 0 Å². The van der Waals surface area contributed by atoms with Gasteiger partial charge in [-0.2, -0.15) is 0 Å². The molecule has 0 nitrogen and oxygen atoms in total. The maximum absolute atomic E-state index is 12.9. The van der Waals surface area contributed by atoms with E-state index in [0.717, 1.165) is 6.08 Å². The van der Waals surface area contributed by atoms with Gasteiger partial charge < -0.3 is 0 Å². The summed E-state index contributed by atoms with van der Waals surface area (Å²) in [6.07, 6.45) is 6.42. The molecule has 0 amide bonds. The van der Waals surface area contributed by atoms with Crippen LogP contribution in [0.25, 0.3) is 0 Å². The summed E-state index contributed by atoms with van der Waals surface area (Å²) < 4.78 is 25.4. The van der Waals surface area contributed by atoms with Gasteiger partial charge in [0.15, 0.2) is 0 Å². The van der Waals surface area contributed by atoms with Gasteiger partial charge in [-0.1, -0.05) is 12.2 Å². The Morgan fingerprint density at radius 1 is 1.40 bits per heavy atom. The largest absolute Gasteiger partial charge is 0.235 e. The van der Waals surface area contributed by atoms with Crippen molar-refractivity contribution in [2.45, 2.75) is 12.6 Å². The minimum absolute atomic E-state index is 0.532.